The number of allylic oxidation sites excluding steroid dienone is 2. The zero-order valence-electron chi connectivity index (χ0n) is 19.1. The van der Waals surface area contributed by atoms with Crippen LogP contribution in [0.2, 0.25) is 0 Å². The van der Waals surface area contributed by atoms with Crippen LogP contribution in [0.5, 0.6) is 0 Å². The molecule has 1 aromatic carbocycles. The molecule has 0 radical (unpaired) electrons. The molecule has 35 heavy (non-hydrogen) atoms. The maximum absolute atomic E-state index is 12.2. The van der Waals surface area contributed by atoms with Crippen molar-refractivity contribution in [2.45, 2.75) is 20.3 Å². The maximum Gasteiger partial charge on any atom is 0.170 e. The Kier molecular flexibility index (Phi) is 5.73. The topological polar surface area (TPSA) is 117 Å². The highest BCUT2D eigenvalue weighted by Crippen LogP contribution is 2.33. The third kappa shape index (κ3) is 4.48. The van der Waals surface area contributed by atoms with Gasteiger partial charge in [0.1, 0.15) is 11.8 Å². The van der Waals surface area contributed by atoms with Crippen molar-refractivity contribution in [2.75, 3.05) is 5.32 Å². The summed E-state index contributed by atoms with van der Waals surface area (Å²) in [5.41, 5.74) is 6.27. The minimum Gasteiger partial charge on any atom is -0.461 e. The van der Waals surface area contributed by atoms with Gasteiger partial charge in [-0.05, 0) is 73.5 Å². The van der Waals surface area contributed by atoms with Crippen molar-refractivity contribution >= 4 is 34.8 Å². The standard InChI is InChI=1S/C27H20N6O2/c1-16-3-8-25(33-32-16)30-21-5-4-18-13-19(9-11-29-24(18)14-21)23-7-6-22(17(2)34)26(31-23)27-20(15-28)10-12-35-27/h3-12,14H,13H2,1-2H3,(H,30,33). The summed E-state index contributed by atoms with van der Waals surface area (Å²) in [4.78, 5) is 21.6. The van der Waals surface area contributed by atoms with E-state index in [-0.39, 0.29) is 11.5 Å². The van der Waals surface area contributed by atoms with E-state index in [0.717, 1.165) is 28.2 Å². The SMILES string of the molecule is CC(=O)c1ccc(C2=CC=Nc3cc(Nc4ccc(C)nn4)ccc3C2)nc1-c1occc1C#N. The van der Waals surface area contributed by atoms with E-state index in [0.29, 0.717) is 34.8 Å². The minimum absolute atomic E-state index is 0.153. The fourth-order valence-corrected chi connectivity index (χ4v) is 3.85. The molecule has 8 nitrogen and oxygen atoms in total. The molecule has 0 fully saturated rings. The van der Waals surface area contributed by atoms with Gasteiger partial charge in [-0.15, -0.1) is 5.10 Å². The lowest BCUT2D eigenvalue weighted by Gasteiger charge is -2.12. The molecular formula is C27H20N6O2. The van der Waals surface area contributed by atoms with Crippen LogP contribution in [0.1, 0.15) is 39.8 Å². The molecule has 3 aromatic heterocycles. The van der Waals surface area contributed by atoms with Crippen molar-refractivity contribution in [1.82, 2.24) is 15.2 Å². The molecule has 8 heteroatoms. The molecule has 1 aliphatic heterocycles. The fraction of sp³-hybridized carbons (Fsp3) is 0.111. The van der Waals surface area contributed by atoms with Gasteiger partial charge < -0.3 is 9.73 Å². The van der Waals surface area contributed by atoms with Crippen LogP contribution < -0.4 is 5.32 Å². The molecule has 5 rings (SSSR count). The second kappa shape index (κ2) is 9.15. The number of aromatic nitrogens is 3. The predicted molar refractivity (Wildman–Crippen MR) is 133 cm³/mol. The van der Waals surface area contributed by atoms with Crippen molar-refractivity contribution in [2.24, 2.45) is 4.99 Å². The molecule has 1 aliphatic rings. The number of nitriles is 1. The summed E-state index contributed by atoms with van der Waals surface area (Å²) >= 11 is 0. The van der Waals surface area contributed by atoms with Crippen LogP contribution in [0.15, 0.2) is 70.3 Å². The van der Waals surface area contributed by atoms with Crippen molar-refractivity contribution in [3.8, 4) is 17.5 Å². The number of hydrogen-bond acceptors (Lipinski definition) is 8. The zero-order valence-corrected chi connectivity index (χ0v) is 19.1. The van der Waals surface area contributed by atoms with Gasteiger partial charge in [0.15, 0.2) is 17.4 Å². The molecular weight excluding hydrogens is 440 g/mol. The van der Waals surface area contributed by atoms with E-state index in [1.807, 2.05) is 49.4 Å². The number of aliphatic imine (C=N–C) groups is 1. The second-order valence-corrected chi connectivity index (χ2v) is 8.10. The van der Waals surface area contributed by atoms with Crippen molar-refractivity contribution < 1.29 is 9.21 Å². The zero-order chi connectivity index (χ0) is 24.4. The van der Waals surface area contributed by atoms with Gasteiger partial charge in [0.05, 0.1) is 28.9 Å². The van der Waals surface area contributed by atoms with Crippen molar-refractivity contribution in [1.29, 1.82) is 5.26 Å². The molecule has 4 heterocycles. The molecule has 0 spiro atoms. The number of aryl methyl sites for hydroxylation is 1. The maximum atomic E-state index is 12.2. The molecule has 4 aromatic rings. The highest BCUT2D eigenvalue weighted by atomic mass is 16.3. The first-order valence-corrected chi connectivity index (χ1v) is 11.0. The molecule has 0 unspecified atom stereocenters. The number of pyridine rings is 1. The average molecular weight is 460 g/mol. The number of benzene rings is 1. The monoisotopic (exact) mass is 460 g/mol. The Labute approximate surface area is 201 Å². The number of fused-ring (bicyclic) bond motifs is 1. The van der Waals surface area contributed by atoms with Gasteiger partial charge in [-0.3, -0.25) is 9.79 Å². The Bertz CT molecular complexity index is 1540. The summed E-state index contributed by atoms with van der Waals surface area (Å²) in [5.74, 6) is 0.793. The smallest absolute Gasteiger partial charge is 0.170 e. The summed E-state index contributed by atoms with van der Waals surface area (Å²) in [6.45, 7) is 3.36. The highest BCUT2D eigenvalue weighted by Gasteiger charge is 2.20. The molecule has 0 atom stereocenters. The van der Waals surface area contributed by atoms with Gasteiger partial charge in [0.25, 0.3) is 0 Å². The van der Waals surface area contributed by atoms with Crippen LogP contribution in [0.4, 0.5) is 17.2 Å². The molecule has 0 saturated heterocycles. The Morgan fingerprint density at radius 1 is 1.11 bits per heavy atom. The van der Waals surface area contributed by atoms with E-state index in [2.05, 4.69) is 26.6 Å². The van der Waals surface area contributed by atoms with Gasteiger partial charge in [0.2, 0.25) is 0 Å². The number of furan rings is 1. The van der Waals surface area contributed by atoms with E-state index in [4.69, 9.17) is 9.40 Å². The number of nitrogens with one attached hydrogen (secondary N) is 1. The van der Waals surface area contributed by atoms with Gasteiger partial charge in [-0.2, -0.15) is 10.4 Å². The lowest BCUT2D eigenvalue weighted by Crippen LogP contribution is -2.03. The summed E-state index contributed by atoms with van der Waals surface area (Å²) in [6.07, 6.45) is 5.67. The number of Topliss-reactive ketones (excluding diaryl/α,β-unsaturated/α-hetero) is 1. The van der Waals surface area contributed by atoms with Crippen LogP contribution in [0.3, 0.4) is 0 Å². The Morgan fingerprint density at radius 3 is 2.77 bits per heavy atom. The molecule has 0 amide bonds. The highest BCUT2D eigenvalue weighted by molar-refractivity contribution is 6.00. The number of hydrogen-bond donors (Lipinski definition) is 1. The number of nitrogens with zero attached hydrogens (tertiary/aromatic N) is 5. The molecule has 0 bridgehead atoms. The van der Waals surface area contributed by atoms with Crippen LogP contribution in [0.25, 0.3) is 17.0 Å². The van der Waals surface area contributed by atoms with Gasteiger partial charge in [-0.25, -0.2) is 4.98 Å². The largest absolute Gasteiger partial charge is 0.461 e. The summed E-state index contributed by atoms with van der Waals surface area (Å²) in [5, 5.41) is 20.9. The van der Waals surface area contributed by atoms with Crippen molar-refractivity contribution in [3.63, 3.8) is 0 Å². The first kappa shape index (κ1) is 21.9. The Hall–Kier alpha value is -4.90. The molecule has 1 N–H and O–H groups in total. The molecule has 0 aliphatic carbocycles. The minimum atomic E-state index is -0.153. The summed E-state index contributed by atoms with van der Waals surface area (Å²) < 4.78 is 5.52. The summed E-state index contributed by atoms with van der Waals surface area (Å²) in [6, 6.07) is 16.9. The predicted octanol–water partition coefficient (Wildman–Crippen LogP) is 5.60. The number of carbonyl (C=O) groups is 1. The van der Waals surface area contributed by atoms with Crippen molar-refractivity contribution in [3.05, 3.63) is 88.9 Å². The number of carbonyl (C=O) groups excluding carboxylic acids is 1. The van der Waals surface area contributed by atoms with E-state index in [1.165, 1.54) is 13.2 Å². The fourth-order valence-electron chi connectivity index (χ4n) is 3.85. The Morgan fingerprint density at radius 2 is 2.00 bits per heavy atom. The van der Waals surface area contributed by atoms with Gasteiger partial charge in [-0.1, -0.05) is 6.07 Å². The normalized spacial score (nSPS) is 12.3. The van der Waals surface area contributed by atoms with Crippen LogP contribution >= 0.6 is 0 Å². The summed E-state index contributed by atoms with van der Waals surface area (Å²) in [7, 11) is 0. The first-order chi connectivity index (χ1) is 17.0. The van der Waals surface area contributed by atoms with Crippen LogP contribution in [-0.2, 0) is 6.42 Å². The van der Waals surface area contributed by atoms with E-state index < -0.39 is 0 Å². The average Bonchev–Trinajstić information content (AvgIpc) is 3.24. The van der Waals surface area contributed by atoms with Crippen LogP contribution in [-0.4, -0.2) is 27.2 Å². The van der Waals surface area contributed by atoms with Crippen LogP contribution in [0, 0.1) is 18.3 Å². The Balaban J connectivity index is 1.46. The molecule has 0 saturated carbocycles. The number of ketones is 1. The van der Waals surface area contributed by atoms with E-state index >= 15 is 0 Å². The molecule has 170 valence electrons. The number of rotatable bonds is 5. The third-order valence-electron chi connectivity index (χ3n) is 5.63. The van der Waals surface area contributed by atoms with E-state index in [1.54, 1.807) is 18.3 Å². The first-order valence-electron chi connectivity index (χ1n) is 11.0. The third-order valence-corrected chi connectivity index (χ3v) is 5.63. The quantitative estimate of drug-likeness (QED) is 0.385. The van der Waals surface area contributed by atoms with Gasteiger partial charge >= 0.3 is 0 Å². The van der Waals surface area contributed by atoms with Gasteiger partial charge in [0, 0.05) is 23.9 Å². The van der Waals surface area contributed by atoms with E-state index in [9.17, 15) is 10.1 Å². The lowest BCUT2D eigenvalue weighted by molar-refractivity contribution is 0.101. The number of anilines is 2. The lowest BCUT2D eigenvalue weighted by atomic mass is 9.98. The second-order valence-electron chi connectivity index (χ2n) is 8.10.